The second kappa shape index (κ2) is 16.8. The smallest absolute Gasteiger partial charge is 0.421 e. The molecule has 10 heteroatoms. The van der Waals surface area contributed by atoms with Crippen LogP contribution in [0.4, 0.5) is 17.3 Å². The lowest BCUT2D eigenvalue weighted by Crippen LogP contribution is -3.00. The van der Waals surface area contributed by atoms with Crippen LogP contribution in [0, 0.1) is 0 Å². The average Bonchev–Trinajstić information content (AvgIpc) is 2.97. The van der Waals surface area contributed by atoms with Gasteiger partial charge in [-0.2, -0.15) is 0 Å². The summed E-state index contributed by atoms with van der Waals surface area (Å²) in [6, 6.07) is 8.37. The second-order valence-electron chi connectivity index (χ2n) is 6.64. The molecule has 7 nitrogen and oxygen atoms in total. The Morgan fingerprint density at radius 1 is 0.931 bits per heavy atom. The molecular formula is C19H34Cl2IN7. The number of benzene rings is 1. The maximum atomic E-state index is 4.37. The van der Waals surface area contributed by atoms with Crippen LogP contribution in [-0.2, 0) is 14.1 Å². The van der Waals surface area contributed by atoms with Gasteiger partial charge in [0.25, 0.3) is 0 Å². The molecule has 0 atom stereocenters. The Morgan fingerprint density at radius 2 is 1.48 bits per heavy atom. The Kier molecular flexibility index (Phi) is 17.5. The molecule has 29 heavy (non-hydrogen) atoms. The number of rotatable bonds is 11. The summed E-state index contributed by atoms with van der Waals surface area (Å²) in [4.78, 5) is 2.46. The highest BCUT2D eigenvalue weighted by Gasteiger charge is 2.11. The zero-order valence-electron chi connectivity index (χ0n) is 17.4. The van der Waals surface area contributed by atoms with Crippen molar-refractivity contribution in [1.82, 2.24) is 4.57 Å². The van der Waals surface area contributed by atoms with E-state index in [1.165, 1.54) is 31.4 Å². The van der Waals surface area contributed by atoms with Crippen LogP contribution in [0.2, 0.25) is 0 Å². The lowest BCUT2D eigenvalue weighted by Gasteiger charge is -2.24. The summed E-state index contributed by atoms with van der Waals surface area (Å²) in [6.45, 7) is 4.16. The van der Waals surface area contributed by atoms with E-state index in [1.807, 2.05) is 47.8 Å². The van der Waals surface area contributed by atoms with E-state index < -0.39 is 0 Å². The topological polar surface area (TPSA) is 92.0 Å². The summed E-state index contributed by atoms with van der Waals surface area (Å²) in [7, 11) is 3.93. The highest BCUT2D eigenvalue weighted by molar-refractivity contribution is 5.52. The standard InChI is InChI=1S/C19H32N7.2ClH.HI/c1-24-15-16-25(2)19(24)23-22-17-7-9-18(10-8-17)26(13-5-3-11-20)14-6-4-12-21;;;/h7-10,15-16H,3-6,11-14,20-21H2,1-2H3;3*1H/q+1;;;/p-1. The van der Waals surface area contributed by atoms with Gasteiger partial charge in [-0.15, -0.1) is 0 Å². The molecule has 0 saturated carbocycles. The van der Waals surface area contributed by atoms with E-state index >= 15 is 0 Å². The monoisotopic (exact) mass is 557 g/mol. The molecule has 0 fully saturated rings. The molecule has 0 saturated heterocycles. The third kappa shape index (κ3) is 10.1. The minimum Gasteiger partial charge on any atom is -1.00 e. The van der Waals surface area contributed by atoms with Crippen LogP contribution in [0.25, 0.3) is 0 Å². The number of anilines is 1. The number of imidazole rings is 1. The molecule has 0 bridgehead atoms. The fourth-order valence-corrected chi connectivity index (χ4v) is 2.88. The number of hydrogen-bond acceptors (Lipinski definition) is 3. The van der Waals surface area contributed by atoms with Crippen LogP contribution in [0.3, 0.4) is 0 Å². The van der Waals surface area contributed by atoms with E-state index in [4.69, 9.17) is 0 Å². The largest absolute Gasteiger partial charge is 1.00 e. The Morgan fingerprint density at radius 3 is 1.93 bits per heavy atom. The minimum atomic E-state index is 0. The van der Waals surface area contributed by atoms with Gasteiger partial charge in [-0.1, -0.05) is 5.11 Å². The molecule has 0 aliphatic carbocycles. The van der Waals surface area contributed by atoms with Gasteiger partial charge < -0.3 is 65.2 Å². The quantitative estimate of drug-likeness (QED) is 0.122. The van der Waals surface area contributed by atoms with E-state index in [9.17, 15) is 0 Å². The molecule has 2 rings (SSSR count). The van der Waals surface area contributed by atoms with Crippen molar-refractivity contribution in [2.75, 3.05) is 31.1 Å². The molecule has 6 N–H and O–H groups in total. The predicted molar refractivity (Wildman–Crippen MR) is 103 cm³/mol. The maximum absolute atomic E-state index is 4.37. The first-order valence-electron chi connectivity index (χ1n) is 9.52. The third-order valence-electron chi connectivity index (χ3n) is 4.47. The van der Waals surface area contributed by atoms with Gasteiger partial charge in [-0.25, -0.2) is 9.13 Å². The van der Waals surface area contributed by atoms with Crippen LogP contribution in [0.15, 0.2) is 46.9 Å². The minimum absolute atomic E-state index is 0. The van der Waals surface area contributed by atoms with Gasteiger partial charge in [0.2, 0.25) is 0 Å². The highest BCUT2D eigenvalue weighted by atomic mass is 127. The number of aryl methyl sites for hydroxylation is 2. The molecule has 0 amide bonds. The van der Waals surface area contributed by atoms with E-state index in [-0.39, 0.29) is 48.8 Å². The van der Waals surface area contributed by atoms with Crippen LogP contribution in [0.5, 0.6) is 0 Å². The van der Waals surface area contributed by atoms with Gasteiger partial charge in [0, 0.05) is 23.9 Å². The van der Waals surface area contributed by atoms with Gasteiger partial charge in [0.05, 0.1) is 39.6 Å². The number of nitrogens with zero attached hydrogens (tertiary/aromatic N) is 5. The van der Waals surface area contributed by atoms with Gasteiger partial charge in [-0.05, 0) is 49.9 Å². The van der Waals surface area contributed by atoms with Crippen LogP contribution in [-0.4, -0.2) is 30.7 Å². The molecule has 1 heterocycles. The molecule has 0 unspecified atom stereocenters. The summed E-state index contributed by atoms with van der Waals surface area (Å²) in [5.41, 5.74) is 10.0. The van der Waals surface area contributed by atoms with Gasteiger partial charge >= 0.3 is 5.95 Å². The molecule has 0 aliphatic heterocycles. The van der Waals surface area contributed by atoms with Crippen molar-refractivity contribution in [3.63, 3.8) is 0 Å². The lowest BCUT2D eigenvalue weighted by atomic mass is 10.2. The molecule has 1 aromatic heterocycles. The van der Waals surface area contributed by atoms with Crippen molar-refractivity contribution in [1.29, 1.82) is 0 Å². The number of hydrogen-bond donors (Lipinski definition) is 2. The van der Waals surface area contributed by atoms with Crippen LogP contribution < -0.4 is 69.7 Å². The Balaban J connectivity index is 0. The molecule has 166 valence electrons. The highest BCUT2D eigenvalue weighted by Crippen LogP contribution is 2.22. The molecule has 2 aromatic rings. The number of aromatic nitrogens is 2. The van der Waals surface area contributed by atoms with Crippen molar-refractivity contribution in [2.24, 2.45) is 24.3 Å². The van der Waals surface area contributed by atoms with Crippen molar-refractivity contribution in [3.8, 4) is 0 Å². The Bertz CT molecular complexity index is 663. The van der Waals surface area contributed by atoms with Gasteiger partial charge in [-0.3, -0.25) is 0 Å². The summed E-state index contributed by atoms with van der Waals surface area (Å²) < 4.78 is 3.90. The maximum Gasteiger partial charge on any atom is 0.421 e. The lowest BCUT2D eigenvalue weighted by molar-refractivity contribution is -0.657. The summed E-state index contributed by atoms with van der Waals surface area (Å²) in [5.74, 6) is 0.817. The zero-order chi connectivity index (χ0) is 18.8. The van der Waals surface area contributed by atoms with Gasteiger partial charge in [0.1, 0.15) is 5.69 Å². The number of quaternary nitrogens is 2. The molecule has 0 radical (unpaired) electrons. The van der Waals surface area contributed by atoms with Crippen molar-refractivity contribution < 1.29 is 64.8 Å². The van der Waals surface area contributed by atoms with E-state index in [0.29, 0.717) is 0 Å². The van der Waals surface area contributed by atoms with Crippen molar-refractivity contribution in [2.45, 2.75) is 25.7 Å². The first-order chi connectivity index (χ1) is 12.7. The summed E-state index contributed by atoms with van der Waals surface area (Å²) >= 11 is 0. The molecular weight excluding hydrogens is 524 g/mol. The van der Waals surface area contributed by atoms with E-state index in [2.05, 4.69) is 38.7 Å². The first kappa shape index (κ1) is 30.3. The SMILES string of the molecule is Cn1cc[n+](C)c1N=Nc1ccc(N(CCCC[NH3+])CCCC[NH3+])cc1.[Cl-].[Cl-].[I-]. The normalized spacial score (nSPS) is 10.2. The number of unbranched alkanes of at least 4 members (excludes halogenated alkanes) is 2. The fourth-order valence-electron chi connectivity index (χ4n) is 2.88. The van der Waals surface area contributed by atoms with Gasteiger partial charge in [0.15, 0.2) is 0 Å². The Hall–Kier alpha value is -0.940. The fraction of sp³-hybridized carbons (Fsp3) is 0.526. The van der Waals surface area contributed by atoms with Crippen LogP contribution >= 0.6 is 0 Å². The van der Waals surface area contributed by atoms with E-state index in [0.717, 1.165) is 37.8 Å². The Labute approximate surface area is 203 Å². The summed E-state index contributed by atoms with van der Waals surface area (Å²) in [5, 5.41) is 8.72. The third-order valence-corrected chi connectivity index (χ3v) is 4.47. The molecule has 0 aliphatic rings. The van der Waals surface area contributed by atoms with Crippen molar-refractivity contribution >= 4 is 17.3 Å². The zero-order valence-corrected chi connectivity index (χ0v) is 21.1. The molecule has 0 spiro atoms. The van der Waals surface area contributed by atoms with E-state index in [1.54, 1.807) is 0 Å². The number of halogens is 3. The van der Waals surface area contributed by atoms with Crippen LogP contribution in [0.1, 0.15) is 25.7 Å². The average molecular weight is 558 g/mol. The predicted octanol–water partition coefficient (Wildman–Crippen LogP) is -7.87. The second-order valence-corrected chi connectivity index (χ2v) is 6.64. The first-order valence-corrected chi connectivity index (χ1v) is 9.52. The number of azo groups is 1. The summed E-state index contributed by atoms with van der Waals surface area (Å²) in [6.07, 6.45) is 8.64. The molecule has 1 aromatic carbocycles. The van der Waals surface area contributed by atoms with Crippen molar-refractivity contribution in [3.05, 3.63) is 36.7 Å².